The fourth-order valence-electron chi connectivity index (χ4n) is 2.53. The van der Waals surface area contributed by atoms with E-state index >= 15 is 0 Å². The fourth-order valence-corrected chi connectivity index (χ4v) is 3.10. The topological polar surface area (TPSA) is 0 Å². The van der Waals surface area contributed by atoms with Crippen molar-refractivity contribution in [1.82, 2.24) is 0 Å². The summed E-state index contributed by atoms with van der Waals surface area (Å²) in [5.74, 6) is 1.71. The molecule has 0 saturated heterocycles. The quantitative estimate of drug-likeness (QED) is 0.740. The summed E-state index contributed by atoms with van der Waals surface area (Å²) in [4.78, 5) is 0. The average Bonchev–Trinajstić information content (AvgIpc) is 2.47. The van der Waals surface area contributed by atoms with Gasteiger partial charge < -0.3 is 0 Å². The molecule has 14 heavy (non-hydrogen) atoms. The van der Waals surface area contributed by atoms with Crippen molar-refractivity contribution in [3.8, 4) is 0 Å². The Morgan fingerprint density at radius 3 is 2.79 bits per heavy atom. The zero-order valence-corrected chi connectivity index (χ0v) is 10.5. The maximum absolute atomic E-state index is 3.64. The zero-order valence-electron chi connectivity index (χ0n) is 8.89. The van der Waals surface area contributed by atoms with Crippen LogP contribution in [0.1, 0.15) is 31.4 Å². The van der Waals surface area contributed by atoms with E-state index in [0.717, 1.165) is 11.8 Å². The van der Waals surface area contributed by atoms with Gasteiger partial charge in [0.1, 0.15) is 0 Å². The first-order valence-corrected chi connectivity index (χ1v) is 6.22. The van der Waals surface area contributed by atoms with Crippen LogP contribution in [0.25, 0.3) is 0 Å². The third-order valence-electron chi connectivity index (χ3n) is 3.02. The van der Waals surface area contributed by atoms with Crippen molar-refractivity contribution < 1.29 is 0 Å². The van der Waals surface area contributed by atoms with Crippen molar-refractivity contribution in [2.45, 2.75) is 33.1 Å². The van der Waals surface area contributed by atoms with Gasteiger partial charge in [-0.25, -0.2) is 0 Å². The molecular formula is C13H17Br. The standard InChI is InChI=1S/C13H17Br/c1-9(2)6-10-7-11-4-3-5-13(14)12(11)8-10/h3-5,9-10H,6-8H2,1-2H3/t10-/m0/s1. The Morgan fingerprint density at radius 2 is 2.14 bits per heavy atom. The lowest BCUT2D eigenvalue weighted by atomic mass is 9.95. The predicted octanol–water partition coefficient (Wildman–Crippen LogP) is 4.21. The monoisotopic (exact) mass is 252 g/mol. The minimum Gasteiger partial charge on any atom is -0.0628 e. The van der Waals surface area contributed by atoms with Crippen LogP contribution in [0.5, 0.6) is 0 Å². The van der Waals surface area contributed by atoms with E-state index in [4.69, 9.17) is 0 Å². The Balaban J connectivity index is 2.14. The van der Waals surface area contributed by atoms with E-state index < -0.39 is 0 Å². The molecule has 0 bridgehead atoms. The van der Waals surface area contributed by atoms with Crippen LogP contribution in [0, 0.1) is 11.8 Å². The van der Waals surface area contributed by atoms with Crippen LogP contribution in [0.4, 0.5) is 0 Å². The third kappa shape index (κ3) is 2.03. The van der Waals surface area contributed by atoms with Gasteiger partial charge in [-0.2, -0.15) is 0 Å². The van der Waals surface area contributed by atoms with E-state index in [1.807, 2.05) is 0 Å². The van der Waals surface area contributed by atoms with E-state index in [1.54, 1.807) is 11.1 Å². The first kappa shape index (κ1) is 10.2. The van der Waals surface area contributed by atoms with Crippen molar-refractivity contribution in [2.24, 2.45) is 11.8 Å². The largest absolute Gasteiger partial charge is 0.0628 e. The summed E-state index contributed by atoms with van der Waals surface area (Å²) in [6, 6.07) is 6.59. The lowest BCUT2D eigenvalue weighted by Gasteiger charge is -2.11. The Labute approximate surface area is 94.8 Å². The van der Waals surface area contributed by atoms with Crippen LogP contribution >= 0.6 is 15.9 Å². The number of fused-ring (bicyclic) bond motifs is 1. The summed E-state index contributed by atoms with van der Waals surface area (Å²) >= 11 is 3.64. The van der Waals surface area contributed by atoms with Gasteiger partial charge in [0, 0.05) is 4.47 Å². The number of halogens is 1. The first-order chi connectivity index (χ1) is 6.66. The molecule has 0 saturated carbocycles. The Bertz CT molecular complexity index is 328. The van der Waals surface area contributed by atoms with Crippen LogP contribution in [-0.2, 0) is 12.8 Å². The maximum atomic E-state index is 3.64. The molecule has 0 fully saturated rings. The molecule has 1 atom stereocenters. The van der Waals surface area contributed by atoms with Gasteiger partial charge >= 0.3 is 0 Å². The molecule has 1 aromatic carbocycles. The van der Waals surface area contributed by atoms with Gasteiger partial charge in [0.25, 0.3) is 0 Å². The number of rotatable bonds is 2. The van der Waals surface area contributed by atoms with E-state index in [0.29, 0.717) is 0 Å². The van der Waals surface area contributed by atoms with Gasteiger partial charge in [0.15, 0.2) is 0 Å². The number of benzene rings is 1. The molecule has 1 aliphatic carbocycles. The van der Waals surface area contributed by atoms with Gasteiger partial charge in [0.05, 0.1) is 0 Å². The summed E-state index contributed by atoms with van der Waals surface area (Å²) in [6.07, 6.45) is 3.92. The van der Waals surface area contributed by atoms with E-state index in [2.05, 4.69) is 48.0 Å². The lowest BCUT2D eigenvalue weighted by molar-refractivity contribution is 0.426. The van der Waals surface area contributed by atoms with Gasteiger partial charge in [-0.1, -0.05) is 41.9 Å². The van der Waals surface area contributed by atoms with Gasteiger partial charge in [-0.05, 0) is 48.3 Å². The molecule has 0 heterocycles. The SMILES string of the molecule is CC(C)C[C@H]1Cc2cccc(Br)c2C1. The van der Waals surface area contributed by atoms with Gasteiger partial charge in [-0.3, -0.25) is 0 Å². The number of hydrogen-bond donors (Lipinski definition) is 0. The van der Waals surface area contributed by atoms with E-state index in [9.17, 15) is 0 Å². The molecule has 0 radical (unpaired) electrons. The molecule has 0 unspecified atom stereocenters. The second kappa shape index (κ2) is 4.06. The second-order valence-electron chi connectivity index (χ2n) is 4.78. The molecule has 76 valence electrons. The van der Waals surface area contributed by atoms with E-state index in [-0.39, 0.29) is 0 Å². The van der Waals surface area contributed by atoms with Gasteiger partial charge in [0.2, 0.25) is 0 Å². The summed E-state index contributed by atoms with van der Waals surface area (Å²) in [5.41, 5.74) is 3.11. The molecule has 1 heteroatoms. The van der Waals surface area contributed by atoms with Crippen molar-refractivity contribution >= 4 is 15.9 Å². The van der Waals surface area contributed by atoms with Crippen molar-refractivity contribution in [3.63, 3.8) is 0 Å². The maximum Gasteiger partial charge on any atom is 0.0210 e. The summed E-state index contributed by atoms with van der Waals surface area (Å²) in [7, 11) is 0. The molecule has 0 amide bonds. The van der Waals surface area contributed by atoms with Crippen molar-refractivity contribution in [3.05, 3.63) is 33.8 Å². The highest BCUT2D eigenvalue weighted by Crippen LogP contribution is 2.34. The van der Waals surface area contributed by atoms with Crippen LogP contribution < -0.4 is 0 Å². The molecule has 0 nitrogen and oxygen atoms in total. The molecule has 2 rings (SSSR count). The van der Waals surface area contributed by atoms with Crippen LogP contribution in [0.2, 0.25) is 0 Å². The lowest BCUT2D eigenvalue weighted by Crippen LogP contribution is -2.03. The Hall–Kier alpha value is -0.300. The smallest absolute Gasteiger partial charge is 0.0210 e. The highest BCUT2D eigenvalue weighted by atomic mass is 79.9. The van der Waals surface area contributed by atoms with Crippen molar-refractivity contribution in [1.29, 1.82) is 0 Å². The highest BCUT2D eigenvalue weighted by molar-refractivity contribution is 9.10. The molecule has 1 aromatic rings. The number of hydrogen-bond acceptors (Lipinski definition) is 0. The molecule has 0 spiro atoms. The molecule has 0 aliphatic heterocycles. The molecular weight excluding hydrogens is 236 g/mol. The highest BCUT2D eigenvalue weighted by Gasteiger charge is 2.23. The van der Waals surface area contributed by atoms with Crippen LogP contribution in [0.15, 0.2) is 22.7 Å². The molecule has 0 aromatic heterocycles. The molecule has 0 N–H and O–H groups in total. The molecule has 1 aliphatic rings. The Kier molecular flexibility index (Phi) is 2.96. The van der Waals surface area contributed by atoms with Crippen molar-refractivity contribution in [2.75, 3.05) is 0 Å². The fraction of sp³-hybridized carbons (Fsp3) is 0.538. The minimum atomic E-state index is 0.827. The zero-order chi connectivity index (χ0) is 10.1. The second-order valence-corrected chi connectivity index (χ2v) is 5.64. The first-order valence-electron chi connectivity index (χ1n) is 5.43. The van der Waals surface area contributed by atoms with E-state index in [1.165, 1.54) is 23.7 Å². The summed E-state index contributed by atoms with van der Waals surface area (Å²) in [6.45, 7) is 4.63. The normalized spacial score (nSPS) is 20.1. The summed E-state index contributed by atoms with van der Waals surface area (Å²) < 4.78 is 1.31. The third-order valence-corrected chi connectivity index (χ3v) is 3.76. The Morgan fingerprint density at radius 1 is 1.36 bits per heavy atom. The van der Waals surface area contributed by atoms with Crippen LogP contribution in [-0.4, -0.2) is 0 Å². The summed E-state index contributed by atoms with van der Waals surface area (Å²) in [5, 5.41) is 0. The minimum absolute atomic E-state index is 0.827. The van der Waals surface area contributed by atoms with Gasteiger partial charge in [-0.15, -0.1) is 0 Å². The predicted molar refractivity (Wildman–Crippen MR) is 64.5 cm³/mol. The van der Waals surface area contributed by atoms with Crippen LogP contribution in [0.3, 0.4) is 0 Å². The average molecular weight is 253 g/mol.